The molecule has 1 aromatic carbocycles. The SMILES string of the molecule is COC(=O)C(NC1CCC(C)CC1C)c1ccccc1. The van der Waals surface area contributed by atoms with Gasteiger partial charge in [0.05, 0.1) is 7.11 Å². The molecule has 4 unspecified atom stereocenters. The van der Waals surface area contributed by atoms with E-state index in [0.717, 1.165) is 17.9 Å². The number of hydrogen-bond donors (Lipinski definition) is 1. The average molecular weight is 275 g/mol. The number of ether oxygens (including phenoxy) is 1. The van der Waals surface area contributed by atoms with Crippen molar-refractivity contribution in [1.29, 1.82) is 0 Å². The van der Waals surface area contributed by atoms with E-state index in [9.17, 15) is 4.79 Å². The summed E-state index contributed by atoms with van der Waals surface area (Å²) in [6, 6.07) is 9.86. The molecule has 0 heterocycles. The lowest BCUT2D eigenvalue weighted by Crippen LogP contribution is -2.43. The Bertz CT molecular complexity index is 432. The molecule has 20 heavy (non-hydrogen) atoms. The Morgan fingerprint density at radius 2 is 1.95 bits per heavy atom. The second kappa shape index (κ2) is 6.89. The second-order valence-corrected chi connectivity index (χ2v) is 6.04. The largest absolute Gasteiger partial charge is 0.468 e. The van der Waals surface area contributed by atoms with E-state index in [1.54, 1.807) is 0 Å². The Morgan fingerprint density at radius 3 is 2.55 bits per heavy atom. The van der Waals surface area contributed by atoms with Crippen molar-refractivity contribution in [2.75, 3.05) is 7.11 Å². The zero-order chi connectivity index (χ0) is 14.5. The molecule has 1 saturated carbocycles. The van der Waals surface area contributed by atoms with Crippen molar-refractivity contribution >= 4 is 5.97 Å². The van der Waals surface area contributed by atoms with E-state index in [-0.39, 0.29) is 12.0 Å². The van der Waals surface area contributed by atoms with E-state index in [4.69, 9.17) is 4.74 Å². The van der Waals surface area contributed by atoms with E-state index in [2.05, 4.69) is 19.2 Å². The molecule has 3 heteroatoms. The summed E-state index contributed by atoms with van der Waals surface area (Å²) in [5.74, 6) is 1.17. The fourth-order valence-electron chi connectivity index (χ4n) is 3.19. The normalized spacial score (nSPS) is 27.9. The minimum absolute atomic E-state index is 0.206. The van der Waals surface area contributed by atoms with Crippen LogP contribution in [0.2, 0.25) is 0 Å². The van der Waals surface area contributed by atoms with Gasteiger partial charge in [0.2, 0.25) is 0 Å². The first-order valence-corrected chi connectivity index (χ1v) is 7.50. The Morgan fingerprint density at radius 1 is 1.25 bits per heavy atom. The minimum atomic E-state index is -0.359. The van der Waals surface area contributed by atoms with E-state index in [0.29, 0.717) is 12.0 Å². The smallest absolute Gasteiger partial charge is 0.327 e. The number of hydrogen-bond acceptors (Lipinski definition) is 3. The Hall–Kier alpha value is -1.35. The Labute approximate surface area is 121 Å². The maximum atomic E-state index is 12.1. The topological polar surface area (TPSA) is 38.3 Å². The van der Waals surface area contributed by atoms with Gasteiger partial charge in [-0.25, -0.2) is 4.79 Å². The van der Waals surface area contributed by atoms with Gasteiger partial charge in [0, 0.05) is 6.04 Å². The number of methoxy groups -OCH3 is 1. The third-order valence-electron chi connectivity index (χ3n) is 4.38. The molecule has 0 aliphatic heterocycles. The van der Waals surface area contributed by atoms with Gasteiger partial charge in [-0.2, -0.15) is 0 Å². The predicted molar refractivity (Wildman–Crippen MR) is 80.3 cm³/mol. The molecule has 110 valence electrons. The zero-order valence-electron chi connectivity index (χ0n) is 12.6. The van der Waals surface area contributed by atoms with Crippen molar-refractivity contribution < 1.29 is 9.53 Å². The zero-order valence-corrected chi connectivity index (χ0v) is 12.6. The molecule has 1 N–H and O–H groups in total. The molecule has 0 radical (unpaired) electrons. The molecule has 0 spiro atoms. The Kier molecular flexibility index (Phi) is 5.18. The Balaban J connectivity index is 2.11. The molecule has 2 rings (SSSR count). The maximum Gasteiger partial charge on any atom is 0.327 e. The molecule has 4 atom stereocenters. The van der Waals surface area contributed by atoms with Crippen LogP contribution in [0.3, 0.4) is 0 Å². The van der Waals surface area contributed by atoms with Crippen molar-refractivity contribution in [3.05, 3.63) is 35.9 Å². The monoisotopic (exact) mass is 275 g/mol. The summed E-state index contributed by atoms with van der Waals surface area (Å²) in [7, 11) is 1.45. The van der Waals surface area contributed by atoms with Crippen LogP contribution in [0.5, 0.6) is 0 Å². The molecule has 0 saturated heterocycles. The lowest BCUT2D eigenvalue weighted by Gasteiger charge is -2.35. The van der Waals surface area contributed by atoms with Crippen LogP contribution in [-0.2, 0) is 9.53 Å². The summed E-state index contributed by atoms with van der Waals surface area (Å²) in [5.41, 5.74) is 0.977. The highest BCUT2D eigenvalue weighted by Gasteiger charge is 2.30. The van der Waals surface area contributed by atoms with Crippen LogP contribution < -0.4 is 5.32 Å². The van der Waals surface area contributed by atoms with E-state index < -0.39 is 0 Å². The molecule has 1 aromatic rings. The highest BCUT2D eigenvalue weighted by molar-refractivity contribution is 5.77. The average Bonchev–Trinajstić information content (AvgIpc) is 2.46. The first-order chi connectivity index (χ1) is 9.61. The number of nitrogens with one attached hydrogen (secondary N) is 1. The predicted octanol–water partition coefficient (Wildman–Crippen LogP) is 3.32. The van der Waals surface area contributed by atoms with E-state index in [1.165, 1.54) is 20.0 Å². The van der Waals surface area contributed by atoms with Crippen molar-refractivity contribution in [1.82, 2.24) is 5.32 Å². The second-order valence-electron chi connectivity index (χ2n) is 6.04. The van der Waals surface area contributed by atoms with Gasteiger partial charge >= 0.3 is 5.97 Å². The van der Waals surface area contributed by atoms with Crippen LogP contribution in [0, 0.1) is 11.8 Å². The number of carbonyl (C=O) groups is 1. The quantitative estimate of drug-likeness (QED) is 0.857. The molecule has 0 amide bonds. The van der Waals surface area contributed by atoms with Crippen LogP contribution >= 0.6 is 0 Å². The lowest BCUT2D eigenvalue weighted by atomic mass is 9.79. The van der Waals surface area contributed by atoms with Gasteiger partial charge in [0.15, 0.2) is 0 Å². The van der Waals surface area contributed by atoms with E-state index >= 15 is 0 Å². The first-order valence-electron chi connectivity index (χ1n) is 7.50. The summed E-state index contributed by atoms with van der Waals surface area (Å²) in [6.07, 6.45) is 3.58. The third kappa shape index (κ3) is 3.60. The van der Waals surface area contributed by atoms with Gasteiger partial charge in [-0.1, -0.05) is 44.2 Å². The molecule has 0 aromatic heterocycles. The van der Waals surface area contributed by atoms with Crippen LogP contribution in [0.25, 0.3) is 0 Å². The van der Waals surface area contributed by atoms with Crippen molar-refractivity contribution in [2.45, 2.75) is 45.2 Å². The molecule has 3 nitrogen and oxygen atoms in total. The lowest BCUT2D eigenvalue weighted by molar-refractivity contribution is -0.143. The molecular formula is C17H25NO2. The first kappa shape index (κ1) is 15.0. The maximum absolute atomic E-state index is 12.1. The summed E-state index contributed by atoms with van der Waals surface area (Å²) in [5, 5.41) is 3.52. The van der Waals surface area contributed by atoms with E-state index in [1.807, 2.05) is 30.3 Å². The number of rotatable bonds is 4. The van der Waals surface area contributed by atoms with Gasteiger partial charge in [0.25, 0.3) is 0 Å². The highest BCUT2D eigenvalue weighted by atomic mass is 16.5. The van der Waals surface area contributed by atoms with Crippen molar-refractivity contribution in [3.8, 4) is 0 Å². The van der Waals surface area contributed by atoms with Crippen molar-refractivity contribution in [2.24, 2.45) is 11.8 Å². The number of carbonyl (C=O) groups excluding carboxylic acids is 1. The molecule has 1 aliphatic rings. The van der Waals surface area contributed by atoms with Gasteiger partial charge in [-0.15, -0.1) is 0 Å². The standard InChI is InChI=1S/C17H25NO2/c1-12-9-10-15(13(2)11-12)18-16(17(19)20-3)14-7-5-4-6-8-14/h4-8,12-13,15-16,18H,9-11H2,1-3H3. The van der Waals surface area contributed by atoms with Gasteiger partial charge in [-0.3, -0.25) is 5.32 Å². The minimum Gasteiger partial charge on any atom is -0.468 e. The van der Waals surface area contributed by atoms with Crippen LogP contribution in [-0.4, -0.2) is 19.1 Å². The van der Waals surface area contributed by atoms with Crippen LogP contribution in [0.4, 0.5) is 0 Å². The van der Waals surface area contributed by atoms with Gasteiger partial charge in [-0.05, 0) is 36.7 Å². The van der Waals surface area contributed by atoms with Gasteiger partial charge in [0.1, 0.15) is 6.04 Å². The number of benzene rings is 1. The summed E-state index contributed by atoms with van der Waals surface area (Å²) < 4.78 is 4.96. The fourth-order valence-corrected chi connectivity index (χ4v) is 3.19. The fraction of sp³-hybridized carbons (Fsp3) is 0.588. The molecular weight excluding hydrogens is 250 g/mol. The summed E-state index contributed by atoms with van der Waals surface area (Å²) >= 11 is 0. The summed E-state index contributed by atoms with van der Waals surface area (Å²) in [6.45, 7) is 4.58. The molecule has 0 bridgehead atoms. The number of esters is 1. The molecule has 1 aliphatic carbocycles. The van der Waals surface area contributed by atoms with Gasteiger partial charge < -0.3 is 4.74 Å². The highest BCUT2D eigenvalue weighted by Crippen LogP contribution is 2.30. The van der Waals surface area contributed by atoms with Crippen LogP contribution in [0.15, 0.2) is 30.3 Å². The van der Waals surface area contributed by atoms with Crippen LogP contribution in [0.1, 0.15) is 44.7 Å². The third-order valence-corrected chi connectivity index (χ3v) is 4.38. The summed E-state index contributed by atoms with van der Waals surface area (Å²) in [4.78, 5) is 12.1. The molecule has 1 fully saturated rings. The van der Waals surface area contributed by atoms with Crippen molar-refractivity contribution in [3.63, 3.8) is 0 Å².